The van der Waals surface area contributed by atoms with Gasteiger partial charge in [0.15, 0.2) is 0 Å². The Morgan fingerprint density at radius 2 is 2.00 bits per heavy atom. The van der Waals surface area contributed by atoms with Gasteiger partial charge < -0.3 is 15.7 Å². The lowest BCUT2D eigenvalue weighted by Crippen LogP contribution is -2.51. The van der Waals surface area contributed by atoms with E-state index in [0.29, 0.717) is 5.92 Å². The van der Waals surface area contributed by atoms with Crippen molar-refractivity contribution < 1.29 is 14.7 Å². The van der Waals surface area contributed by atoms with Crippen LogP contribution in [0, 0.1) is 5.92 Å². The number of carboxylic acid groups (broad SMARTS) is 1. The van der Waals surface area contributed by atoms with E-state index in [9.17, 15) is 9.59 Å². The summed E-state index contributed by atoms with van der Waals surface area (Å²) in [6.45, 7) is 5.59. The third-order valence-electron chi connectivity index (χ3n) is 3.08. The minimum Gasteiger partial charge on any atom is -0.481 e. The summed E-state index contributed by atoms with van der Waals surface area (Å²) >= 11 is 0. The van der Waals surface area contributed by atoms with Crippen LogP contribution in [0.5, 0.6) is 0 Å². The standard InChI is InChI=1S/C12H22N2O3/c1-8-4-5-9(6-8)13-11(17)14-12(2,3)7-10(15)16/h8-9H,4-7H2,1-3H3,(H,15,16)(H2,13,14,17). The highest BCUT2D eigenvalue weighted by Crippen LogP contribution is 2.24. The Balaban J connectivity index is 2.36. The first-order chi connectivity index (χ1) is 7.78. The summed E-state index contributed by atoms with van der Waals surface area (Å²) in [5, 5.41) is 14.3. The maximum Gasteiger partial charge on any atom is 0.315 e. The average Bonchev–Trinajstić information content (AvgIpc) is 2.46. The van der Waals surface area contributed by atoms with E-state index in [1.165, 1.54) is 0 Å². The Morgan fingerprint density at radius 3 is 2.47 bits per heavy atom. The van der Waals surface area contributed by atoms with Gasteiger partial charge in [-0.25, -0.2) is 4.79 Å². The molecule has 0 aromatic rings. The number of nitrogens with one attached hydrogen (secondary N) is 2. The number of carbonyl (C=O) groups excluding carboxylic acids is 1. The van der Waals surface area contributed by atoms with E-state index in [-0.39, 0.29) is 18.5 Å². The van der Waals surface area contributed by atoms with E-state index in [2.05, 4.69) is 17.6 Å². The fraction of sp³-hybridized carbons (Fsp3) is 0.833. The molecule has 1 aliphatic carbocycles. The zero-order valence-electron chi connectivity index (χ0n) is 10.7. The summed E-state index contributed by atoms with van der Waals surface area (Å²) in [6, 6.07) is -0.0408. The SMILES string of the molecule is CC1CCC(NC(=O)NC(C)(C)CC(=O)O)C1. The first-order valence-electron chi connectivity index (χ1n) is 6.09. The van der Waals surface area contributed by atoms with Gasteiger partial charge in [-0.05, 0) is 39.0 Å². The molecule has 3 N–H and O–H groups in total. The lowest BCUT2D eigenvalue weighted by molar-refractivity contribution is -0.138. The first kappa shape index (κ1) is 13.8. The molecule has 2 unspecified atom stereocenters. The van der Waals surface area contributed by atoms with Gasteiger partial charge in [0.1, 0.15) is 0 Å². The summed E-state index contributed by atoms with van der Waals surface area (Å²) in [5.41, 5.74) is -0.722. The van der Waals surface area contributed by atoms with Crippen LogP contribution in [-0.4, -0.2) is 28.7 Å². The van der Waals surface area contributed by atoms with E-state index in [1.54, 1.807) is 13.8 Å². The van der Waals surface area contributed by atoms with Gasteiger partial charge in [-0.15, -0.1) is 0 Å². The van der Waals surface area contributed by atoms with Crippen LogP contribution in [0.25, 0.3) is 0 Å². The summed E-state index contributed by atoms with van der Waals surface area (Å²) in [6.07, 6.45) is 3.08. The second-order valence-electron chi connectivity index (χ2n) is 5.67. The summed E-state index contributed by atoms with van der Waals surface area (Å²) < 4.78 is 0. The average molecular weight is 242 g/mol. The quantitative estimate of drug-likeness (QED) is 0.702. The van der Waals surface area contributed by atoms with E-state index in [0.717, 1.165) is 19.3 Å². The Bertz CT molecular complexity index is 302. The molecule has 5 nitrogen and oxygen atoms in total. The number of hydrogen-bond acceptors (Lipinski definition) is 2. The Labute approximate surface area is 102 Å². The van der Waals surface area contributed by atoms with Crippen LogP contribution in [0.4, 0.5) is 4.79 Å². The molecule has 1 fully saturated rings. The molecule has 2 amide bonds. The second-order valence-corrected chi connectivity index (χ2v) is 5.67. The van der Waals surface area contributed by atoms with Gasteiger partial charge in [0.2, 0.25) is 0 Å². The van der Waals surface area contributed by atoms with Crippen molar-refractivity contribution >= 4 is 12.0 Å². The normalized spacial score (nSPS) is 24.4. The predicted molar refractivity (Wildman–Crippen MR) is 64.8 cm³/mol. The number of amides is 2. The molecule has 0 bridgehead atoms. The van der Waals surface area contributed by atoms with Crippen molar-refractivity contribution in [3.05, 3.63) is 0 Å². The molecule has 0 heterocycles. The van der Waals surface area contributed by atoms with Crippen LogP contribution in [0.1, 0.15) is 46.5 Å². The maximum atomic E-state index is 11.7. The predicted octanol–water partition coefficient (Wildman–Crippen LogP) is 1.73. The van der Waals surface area contributed by atoms with E-state index < -0.39 is 11.5 Å². The van der Waals surface area contributed by atoms with Gasteiger partial charge in [-0.1, -0.05) is 6.92 Å². The van der Waals surface area contributed by atoms with Gasteiger partial charge in [0.25, 0.3) is 0 Å². The fourth-order valence-electron chi connectivity index (χ4n) is 2.29. The van der Waals surface area contributed by atoms with Crippen LogP contribution in [0.3, 0.4) is 0 Å². The molecule has 0 aliphatic heterocycles. The minimum absolute atomic E-state index is 0.0819. The number of urea groups is 1. The monoisotopic (exact) mass is 242 g/mol. The van der Waals surface area contributed by atoms with Crippen LogP contribution in [0.2, 0.25) is 0 Å². The molecule has 0 aromatic heterocycles. The van der Waals surface area contributed by atoms with E-state index in [4.69, 9.17) is 5.11 Å². The number of aliphatic carboxylic acids is 1. The molecule has 0 spiro atoms. The molecule has 1 rings (SSSR count). The second kappa shape index (κ2) is 5.38. The van der Waals surface area contributed by atoms with Crippen LogP contribution < -0.4 is 10.6 Å². The molecule has 2 atom stereocenters. The fourth-order valence-corrected chi connectivity index (χ4v) is 2.29. The van der Waals surface area contributed by atoms with Crippen molar-refractivity contribution in [2.75, 3.05) is 0 Å². The van der Waals surface area contributed by atoms with Crippen molar-refractivity contribution in [3.63, 3.8) is 0 Å². The van der Waals surface area contributed by atoms with Gasteiger partial charge in [0, 0.05) is 11.6 Å². The Kier molecular flexibility index (Phi) is 4.37. The van der Waals surface area contributed by atoms with Crippen molar-refractivity contribution in [3.8, 4) is 0 Å². The molecule has 0 aromatic carbocycles. The summed E-state index contributed by atoms with van der Waals surface area (Å²) in [4.78, 5) is 22.3. The number of carbonyl (C=O) groups is 2. The largest absolute Gasteiger partial charge is 0.481 e. The van der Waals surface area contributed by atoms with Crippen LogP contribution in [-0.2, 0) is 4.79 Å². The zero-order chi connectivity index (χ0) is 13.1. The van der Waals surface area contributed by atoms with Crippen molar-refractivity contribution in [2.24, 2.45) is 5.92 Å². The number of carboxylic acids is 1. The number of hydrogen-bond donors (Lipinski definition) is 3. The van der Waals surface area contributed by atoms with Gasteiger partial charge in [0.05, 0.1) is 6.42 Å². The molecule has 17 heavy (non-hydrogen) atoms. The first-order valence-corrected chi connectivity index (χ1v) is 6.09. The molecular formula is C12H22N2O3. The van der Waals surface area contributed by atoms with Gasteiger partial charge in [-0.3, -0.25) is 4.79 Å². The van der Waals surface area contributed by atoms with E-state index >= 15 is 0 Å². The van der Waals surface area contributed by atoms with Crippen molar-refractivity contribution in [1.82, 2.24) is 10.6 Å². The summed E-state index contributed by atoms with van der Waals surface area (Å²) in [7, 11) is 0. The lowest BCUT2D eigenvalue weighted by atomic mass is 10.0. The van der Waals surface area contributed by atoms with Crippen molar-refractivity contribution in [2.45, 2.75) is 58.0 Å². The van der Waals surface area contributed by atoms with Gasteiger partial charge in [-0.2, -0.15) is 0 Å². The Morgan fingerprint density at radius 1 is 1.35 bits per heavy atom. The maximum absolute atomic E-state index is 11.7. The van der Waals surface area contributed by atoms with Crippen molar-refractivity contribution in [1.29, 1.82) is 0 Å². The minimum atomic E-state index is -0.912. The van der Waals surface area contributed by atoms with Crippen LogP contribution in [0.15, 0.2) is 0 Å². The molecule has 1 aliphatic rings. The molecule has 5 heteroatoms. The molecule has 0 radical (unpaired) electrons. The van der Waals surface area contributed by atoms with Gasteiger partial charge >= 0.3 is 12.0 Å². The highest BCUT2D eigenvalue weighted by molar-refractivity contribution is 5.76. The van der Waals surface area contributed by atoms with E-state index in [1.807, 2.05) is 0 Å². The zero-order valence-corrected chi connectivity index (χ0v) is 10.7. The Hall–Kier alpha value is -1.26. The molecular weight excluding hydrogens is 220 g/mol. The third kappa shape index (κ3) is 5.06. The highest BCUT2D eigenvalue weighted by atomic mass is 16.4. The highest BCUT2D eigenvalue weighted by Gasteiger charge is 2.27. The molecule has 0 saturated heterocycles. The molecule has 98 valence electrons. The third-order valence-corrected chi connectivity index (χ3v) is 3.08. The topological polar surface area (TPSA) is 78.4 Å². The number of rotatable bonds is 4. The molecule has 1 saturated carbocycles. The van der Waals surface area contributed by atoms with Crippen LogP contribution >= 0.6 is 0 Å². The summed E-state index contributed by atoms with van der Waals surface area (Å²) in [5.74, 6) is -0.253. The smallest absolute Gasteiger partial charge is 0.315 e. The lowest BCUT2D eigenvalue weighted by Gasteiger charge is -2.25.